The van der Waals surface area contributed by atoms with E-state index in [1.54, 1.807) is 0 Å². The molecule has 0 spiro atoms. The number of aryl methyl sites for hydroxylation is 1. The Morgan fingerprint density at radius 1 is 1.21 bits per heavy atom. The highest BCUT2D eigenvalue weighted by Crippen LogP contribution is 2.35. The van der Waals surface area contributed by atoms with Crippen LogP contribution in [-0.2, 0) is 11.3 Å². The molecule has 3 aromatic rings. The lowest BCUT2D eigenvalue weighted by atomic mass is 9.99. The standard InChI is InChI=1S/C26H36N6O2/c1-17(2)24(25-28-29-30-32(25)21-10-4-5-11-21)31(16-22-12-7-13-34-22)15-20-14-19-9-6-8-18(3)23(19)27-26(20)33/h6,8-9,14,17,21-22,24H,4-5,7,10-13,15-16H2,1-3H3,(H,27,33). The normalized spacial score (nSPS) is 20.2. The number of hydrogen-bond acceptors (Lipinski definition) is 6. The summed E-state index contributed by atoms with van der Waals surface area (Å²) in [6.45, 7) is 8.55. The van der Waals surface area contributed by atoms with Crippen LogP contribution in [0.1, 0.15) is 81.4 Å². The summed E-state index contributed by atoms with van der Waals surface area (Å²) in [5.74, 6) is 1.18. The molecule has 2 atom stereocenters. The van der Waals surface area contributed by atoms with Crippen LogP contribution in [0, 0.1) is 12.8 Å². The van der Waals surface area contributed by atoms with Gasteiger partial charge in [0, 0.05) is 25.3 Å². The van der Waals surface area contributed by atoms with E-state index in [4.69, 9.17) is 4.74 Å². The van der Waals surface area contributed by atoms with Crippen LogP contribution in [0.5, 0.6) is 0 Å². The molecule has 8 nitrogen and oxygen atoms in total. The van der Waals surface area contributed by atoms with Gasteiger partial charge < -0.3 is 9.72 Å². The van der Waals surface area contributed by atoms with E-state index in [0.29, 0.717) is 12.6 Å². The maximum absolute atomic E-state index is 13.2. The first-order chi connectivity index (χ1) is 16.5. The van der Waals surface area contributed by atoms with E-state index < -0.39 is 0 Å². The molecule has 1 aromatic carbocycles. The molecule has 1 saturated carbocycles. The van der Waals surface area contributed by atoms with E-state index in [1.165, 1.54) is 12.8 Å². The molecule has 8 heteroatoms. The van der Waals surface area contributed by atoms with Gasteiger partial charge in [-0.1, -0.05) is 44.9 Å². The summed E-state index contributed by atoms with van der Waals surface area (Å²) in [4.78, 5) is 18.7. The molecule has 2 aromatic heterocycles. The minimum atomic E-state index is -0.0305. The average molecular weight is 465 g/mol. The van der Waals surface area contributed by atoms with Gasteiger partial charge in [-0.05, 0) is 66.0 Å². The molecule has 182 valence electrons. The number of nitrogens with zero attached hydrogens (tertiary/aromatic N) is 5. The number of aromatic nitrogens is 5. The molecule has 0 bridgehead atoms. The van der Waals surface area contributed by atoms with Crippen LogP contribution in [0.2, 0.25) is 0 Å². The zero-order valence-electron chi connectivity index (χ0n) is 20.5. The van der Waals surface area contributed by atoms with Crippen LogP contribution in [0.4, 0.5) is 0 Å². The Labute approximate surface area is 200 Å². The minimum absolute atomic E-state index is 0.00703. The fourth-order valence-electron chi connectivity index (χ4n) is 5.78. The third-order valence-electron chi connectivity index (χ3n) is 7.48. The van der Waals surface area contributed by atoms with E-state index in [-0.39, 0.29) is 23.6 Å². The van der Waals surface area contributed by atoms with Gasteiger partial charge in [-0.2, -0.15) is 0 Å². The van der Waals surface area contributed by atoms with Gasteiger partial charge in [0.15, 0.2) is 5.82 Å². The predicted octanol–water partition coefficient (Wildman–Crippen LogP) is 4.32. The van der Waals surface area contributed by atoms with Crippen molar-refractivity contribution in [2.75, 3.05) is 13.2 Å². The highest BCUT2D eigenvalue weighted by atomic mass is 16.5. The van der Waals surface area contributed by atoms with Crippen molar-refractivity contribution in [1.82, 2.24) is 30.1 Å². The largest absolute Gasteiger partial charge is 0.377 e. The lowest BCUT2D eigenvalue weighted by molar-refractivity contribution is 0.0379. The van der Waals surface area contributed by atoms with Gasteiger partial charge in [-0.25, -0.2) is 4.68 Å². The minimum Gasteiger partial charge on any atom is -0.377 e. The highest BCUT2D eigenvalue weighted by Gasteiger charge is 2.34. The third-order valence-corrected chi connectivity index (χ3v) is 7.48. The number of para-hydroxylation sites is 1. The van der Waals surface area contributed by atoms with Crippen molar-refractivity contribution < 1.29 is 4.74 Å². The number of H-pyrrole nitrogens is 1. The quantitative estimate of drug-likeness (QED) is 0.534. The van der Waals surface area contributed by atoms with Gasteiger partial charge >= 0.3 is 0 Å². The van der Waals surface area contributed by atoms with Gasteiger partial charge in [0.05, 0.1) is 23.7 Å². The van der Waals surface area contributed by atoms with Gasteiger partial charge in [0.2, 0.25) is 0 Å². The predicted molar refractivity (Wildman–Crippen MR) is 132 cm³/mol. The Morgan fingerprint density at radius 2 is 2.03 bits per heavy atom. The van der Waals surface area contributed by atoms with Crippen molar-refractivity contribution in [3.8, 4) is 0 Å². The molecule has 0 amide bonds. The molecule has 2 unspecified atom stereocenters. The topological polar surface area (TPSA) is 88.9 Å². The number of aromatic amines is 1. The monoisotopic (exact) mass is 464 g/mol. The second kappa shape index (κ2) is 9.96. The number of tetrazole rings is 1. The molecular formula is C26H36N6O2. The van der Waals surface area contributed by atoms with Crippen LogP contribution >= 0.6 is 0 Å². The zero-order valence-corrected chi connectivity index (χ0v) is 20.5. The number of pyridine rings is 1. The number of rotatable bonds is 8. The number of hydrogen-bond donors (Lipinski definition) is 1. The Morgan fingerprint density at radius 3 is 2.76 bits per heavy atom. The maximum Gasteiger partial charge on any atom is 0.252 e. The molecule has 3 heterocycles. The SMILES string of the molecule is Cc1cccc2cc(CN(CC3CCCO3)C(c3nnnn3C3CCCC3)C(C)C)c(=O)[nH]c12. The Bertz CT molecular complexity index is 1170. The lowest BCUT2D eigenvalue weighted by Crippen LogP contribution is -2.40. The van der Waals surface area contributed by atoms with E-state index in [1.807, 2.05) is 25.1 Å². The number of fused-ring (bicyclic) bond motifs is 1. The zero-order chi connectivity index (χ0) is 23.7. The van der Waals surface area contributed by atoms with Crippen LogP contribution in [0.25, 0.3) is 10.9 Å². The summed E-state index contributed by atoms with van der Waals surface area (Å²) in [7, 11) is 0. The average Bonchev–Trinajstić information content (AvgIpc) is 3.58. The van der Waals surface area contributed by atoms with E-state index >= 15 is 0 Å². The summed E-state index contributed by atoms with van der Waals surface area (Å²) in [5, 5.41) is 14.1. The number of ether oxygens (including phenoxy) is 1. The fourth-order valence-corrected chi connectivity index (χ4v) is 5.78. The van der Waals surface area contributed by atoms with Gasteiger partial charge in [0.25, 0.3) is 5.56 Å². The van der Waals surface area contributed by atoms with Gasteiger partial charge in [0.1, 0.15) is 0 Å². The third kappa shape index (κ3) is 4.66. The van der Waals surface area contributed by atoms with Crippen molar-refractivity contribution in [2.24, 2.45) is 5.92 Å². The van der Waals surface area contributed by atoms with Gasteiger partial charge in [-0.3, -0.25) is 9.69 Å². The molecule has 2 aliphatic rings. The highest BCUT2D eigenvalue weighted by molar-refractivity contribution is 5.81. The Hall–Kier alpha value is -2.58. The lowest BCUT2D eigenvalue weighted by Gasteiger charge is -2.35. The Kier molecular flexibility index (Phi) is 6.79. The van der Waals surface area contributed by atoms with Crippen molar-refractivity contribution in [3.05, 3.63) is 51.6 Å². The summed E-state index contributed by atoms with van der Waals surface area (Å²) >= 11 is 0. The molecule has 34 heavy (non-hydrogen) atoms. The van der Waals surface area contributed by atoms with Crippen molar-refractivity contribution >= 4 is 10.9 Å². The van der Waals surface area contributed by atoms with Gasteiger partial charge in [-0.15, -0.1) is 5.10 Å². The molecule has 2 fully saturated rings. The number of nitrogens with one attached hydrogen (secondary N) is 1. The fraction of sp³-hybridized carbons (Fsp3) is 0.615. The number of benzene rings is 1. The second-order valence-corrected chi connectivity index (χ2v) is 10.3. The maximum atomic E-state index is 13.2. The second-order valence-electron chi connectivity index (χ2n) is 10.3. The van der Waals surface area contributed by atoms with Crippen molar-refractivity contribution in [3.63, 3.8) is 0 Å². The van der Waals surface area contributed by atoms with E-state index in [0.717, 1.165) is 66.7 Å². The first-order valence-corrected chi connectivity index (χ1v) is 12.8. The molecule has 1 N–H and O–H groups in total. The first kappa shape index (κ1) is 23.2. The first-order valence-electron chi connectivity index (χ1n) is 12.8. The molecule has 1 saturated heterocycles. The summed E-state index contributed by atoms with van der Waals surface area (Å²) in [6, 6.07) is 8.53. The Balaban J connectivity index is 1.52. The molecule has 5 rings (SSSR count). The molecule has 0 radical (unpaired) electrons. The van der Waals surface area contributed by atoms with Crippen LogP contribution in [0.15, 0.2) is 29.1 Å². The van der Waals surface area contributed by atoms with Crippen LogP contribution < -0.4 is 5.56 Å². The summed E-state index contributed by atoms with van der Waals surface area (Å²) in [5.41, 5.74) is 2.72. The van der Waals surface area contributed by atoms with Crippen LogP contribution in [-0.4, -0.2) is 49.3 Å². The van der Waals surface area contributed by atoms with E-state index in [9.17, 15) is 4.79 Å². The van der Waals surface area contributed by atoms with Crippen molar-refractivity contribution in [1.29, 1.82) is 0 Å². The summed E-state index contributed by atoms with van der Waals surface area (Å²) in [6.07, 6.45) is 6.99. The summed E-state index contributed by atoms with van der Waals surface area (Å²) < 4.78 is 8.09. The van der Waals surface area contributed by atoms with Crippen LogP contribution in [0.3, 0.4) is 0 Å². The molecule has 1 aliphatic heterocycles. The molecule has 1 aliphatic carbocycles. The van der Waals surface area contributed by atoms with E-state index in [2.05, 4.69) is 50.0 Å². The smallest absolute Gasteiger partial charge is 0.252 e. The molecular weight excluding hydrogens is 428 g/mol. The van der Waals surface area contributed by atoms with Crippen molar-refractivity contribution in [2.45, 2.75) is 84.0 Å².